The Bertz CT molecular complexity index is 860. The van der Waals surface area contributed by atoms with Gasteiger partial charge in [0.05, 0.1) is 7.11 Å². The molecule has 154 valence electrons. The fourth-order valence-electron chi connectivity index (χ4n) is 3.82. The smallest absolute Gasteiger partial charge is 0.321 e. The van der Waals surface area contributed by atoms with Crippen molar-refractivity contribution in [1.29, 1.82) is 0 Å². The molecule has 1 aromatic carbocycles. The van der Waals surface area contributed by atoms with Gasteiger partial charge in [0.15, 0.2) is 0 Å². The minimum atomic E-state index is -0.0710. The van der Waals surface area contributed by atoms with Gasteiger partial charge in [0.2, 0.25) is 5.95 Å². The number of nitrogens with zero attached hydrogens (tertiary/aromatic N) is 5. The summed E-state index contributed by atoms with van der Waals surface area (Å²) >= 11 is 0. The summed E-state index contributed by atoms with van der Waals surface area (Å²) in [5.74, 6) is 2.54. The van der Waals surface area contributed by atoms with E-state index < -0.39 is 0 Å². The summed E-state index contributed by atoms with van der Waals surface area (Å²) in [6, 6.07) is 7.53. The van der Waals surface area contributed by atoms with Crippen LogP contribution in [0.2, 0.25) is 0 Å². The Morgan fingerprint density at radius 1 is 1.03 bits per heavy atom. The van der Waals surface area contributed by atoms with Crippen molar-refractivity contribution in [2.45, 2.75) is 19.8 Å². The van der Waals surface area contributed by atoms with Crippen LogP contribution < -0.4 is 19.9 Å². The van der Waals surface area contributed by atoms with Gasteiger partial charge in [0.1, 0.15) is 11.6 Å². The van der Waals surface area contributed by atoms with Gasteiger partial charge >= 0.3 is 6.03 Å². The Labute approximate surface area is 171 Å². The molecule has 8 nitrogen and oxygen atoms in total. The highest BCUT2D eigenvalue weighted by Crippen LogP contribution is 2.23. The zero-order chi connectivity index (χ0) is 20.2. The molecule has 3 heterocycles. The third-order valence-corrected chi connectivity index (χ3v) is 5.58. The van der Waals surface area contributed by atoms with Crippen molar-refractivity contribution < 1.29 is 9.53 Å². The van der Waals surface area contributed by atoms with E-state index in [0.717, 1.165) is 54.9 Å². The van der Waals surface area contributed by atoms with Crippen molar-refractivity contribution >= 4 is 23.5 Å². The van der Waals surface area contributed by atoms with Crippen molar-refractivity contribution in [3.63, 3.8) is 0 Å². The van der Waals surface area contributed by atoms with Crippen LogP contribution in [-0.4, -0.2) is 67.3 Å². The van der Waals surface area contributed by atoms with Crippen LogP contribution in [0.3, 0.4) is 0 Å². The molecule has 2 saturated heterocycles. The van der Waals surface area contributed by atoms with Crippen molar-refractivity contribution in [3.05, 3.63) is 36.0 Å². The van der Waals surface area contributed by atoms with E-state index in [0.29, 0.717) is 13.1 Å². The Morgan fingerprint density at radius 3 is 2.48 bits per heavy atom. The van der Waals surface area contributed by atoms with Crippen LogP contribution in [0.25, 0.3) is 0 Å². The first kappa shape index (κ1) is 19.3. The van der Waals surface area contributed by atoms with Gasteiger partial charge in [-0.1, -0.05) is 0 Å². The number of piperazine rings is 1. The highest BCUT2D eigenvalue weighted by atomic mass is 16.5. The van der Waals surface area contributed by atoms with Crippen molar-refractivity contribution in [2.24, 2.45) is 0 Å². The number of rotatable bonds is 4. The summed E-state index contributed by atoms with van der Waals surface area (Å²) in [7, 11) is 1.64. The molecular weight excluding hydrogens is 368 g/mol. The summed E-state index contributed by atoms with van der Waals surface area (Å²) in [5.41, 5.74) is 1.79. The number of benzene rings is 1. The van der Waals surface area contributed by atoms with Crippen LogP contribution in [0.5, 0.6) is 5.75 Å². The molecule has 0 aliphatic carbocycles. The van der Waals surface area contributed by atoms with Gasteiger partial charge in [0, 0.05) is 51.2 Å². The molecule has 0 unspecified atom stereocenters. The van der Waals surface area contributed by atoms with Gasteiger partial charge in [-0.3, -0.25) is 0 Å². The maximum atomic E-state index is 12.7. The lowest BCUT2D eigenvalue weighted by Crippen LogP contribution is -2.50. The molecule has 2 amide bonds. The number of nitrogens with one attached hydrogen (secondary N) is 1. The van der Waals surface area contributed by atoms with E-state index in [4.69, 9.17) is 9.72 Å². The number of urea groups is 1. The van der Waals surface area contributed by atoms with Gasteiger partial charge in [-0.25, -0.2) is 9.78 Å². The maximum absolute atomic E-state index is 12.7. The second-order valence-corrected chi connectivity index (χ2v) is 7.49. The summed E-state index contributed by atoms with van der Waals surface area (Å²) in [6.45, 7) is 6.85. The molecule has 1 aromatic heterocycles. The number of carbonyl (C=O) groups excluding carboxylic acids is 1. The van der Waals surface area contributed by atoms with E-state index in [9.17, 15) is 4.79 Å². The van der Waals surface area contributed by atoms with Crippen molar-refractivity contribution in [3.8, 4) is 5.75 Å². The number of ether oxygens (including phenoxy) is 1. The quantitative estimate of drug-likeness (QED) is 0.857. The van der Waals surface area contributed by atoms with Crippen molar-refractivity contribution in [1.82, 2.24) is 14.9 Å². The molecular formula is C21H28N6O2. The van der Waals surface area contributed by atoms with Gasteiger partial charge in [-0.15, -0.1) is 0 Å². The summed E-state index contributed by atoms with van der Waals surface area (Å²) in [4.78, 5) is 28.2. The first-order chi connectivity index (χ1) is 14.1. The van der Waals surface area contributed by atoms with Crippen LogP contribution >= 0.6 is 0 Å². The fraction of sp³-hybridized carbons (Fsp3) is 0.476. The monoisotopic (exact) mass is 396 g/mol. The number of hydrogen-bond acceptors (Lipinski definition) is 6. The van der Waals surface area contributed by atoms with E-state index in [2.05, 4.69) is 20.1 Å². The van der Waals surface area contributed by atoms with Crippen molar-refractivity contribution in [2.75, 3.05) is 61.5 Å². The second-order valence-electron chi connectivity index (χ2n) is 7.49. The fourth-order valence-corrected chi connectivity index (χ4v) is 3.82. The molecule has 0 radical (unpaired) electrons. The highest BCUT2D eigenvalue weighted by molar-refractivity contribution is 5.90. The van der Waals surface area contributed by atoms with Crippen LogP contribution in [0, 0.1) is 6.92 Å². The van der Waals surface area contributed by atoms with Crippen LogP contribution in [0.4, 0.5) is 22.2 Å². The lowest BCUT2D eigenvalue weighted by atomic mass is 10.2. The van der Waals surface area contributed by atoms with E-state index >= 15 is 0 Å². The molecule has 4 rings (SSSR count). The normalized spacial score (nSPS) is 16.8. The number of anilines is 3. The topological polar surface area (TPSA) is 73.8 Å². The van der Waals surface area contributed by atoms with E-state index in [1.165, 1.54) is 12.8 Å². The largest absolute Gasteiger partial charge is 0.497 e. The number of aryl methyl sites for hydroxylation is 1. The number of aromatic nitrogens is 2. The molecule has 2 aliphatic heterocycles. The molecule has 2 aliphatic rings. The minimum absolute atomic E-state index is 0.0710. The minimum Gasteiger partial charge on any atom is -0.497 e. The molecule has 29 heavy (non-hydrogen) atoms. The molecule has 8 heteroatoms. The van der Waals surface area contributed by atoms with Crippen LogP contribution in [0.1, 0.15) is 18.4 Å². The zero-order valence-electron chi connectivity index (χ0n) is 17.1. The third-order valence-electron chi connectivity index (χ3n) is 5.58. The summed E-state index contributed by atoms with van der Waals surface area (Å²) in [5, 5.41) is 3.01. The Kier molecular flexibility index (Phi) is 5.69. The highest BCUT2D eigenvalue weighted by Gasteiger charge is 2.23. The Hall–Kier alpha value is -3.03. The second kappa shape index (κ2) is 8.55. The molecule has 0 bridgehead atoms. The van der Waals surface area contributed by atoms with E-state index in [1.54, 1.807) is 7.11 Å². The standard InChI is InChI=1S/C21H28N6O2/c1-16-15-17(29-2)5-6-18(16)23-21(28)27-13-11-25(12-14-27)19-7-8-22-20(24-19)26-9-3-4-10-26/h5-8,15H,3-4,9-14H2,1-2H3,(H,23,28). The van der Waals surface area contributed by atoms with Crippen LogP contribution in [-0.2, 0) is 0 Å². The van der Waals surface area contributed by atoms with Gasteiger partial charge < -0.3 is 24.8 Å². The van der Waals surface area contributed by atoms with Crippen LogP contribution in [0.15, 0.2) is 30.5 Å². The Balaban J connectivity index is 1.34. The summed E-state index contributed by atoms with van der Waals surface area (Å²) in [6.07, 6.45) is 4.24. The molecule has 2 fully saturated rings. The third kappa shape index (κ3) is 4.36. The van der Waals surface area contributed by atoms with Gasteiger partial charge in [0.25, 0.3) is 0 Å². The van der Waals surface area contributed by atoms with Gasteiger partial charge in [-0.05, 0) is 49.6 Å². The SMILES string of the molecule is COc1ccc(NC(=O)N2CCN(c3ccnc(N4CCCC4)n3)CC2)c(C)c1. The lowest BCUT2D eigenvalue weighted by Gasteiger charge is -2.35. The first-order valence-electron chi connectivity index (χ1n) is 10.2. The number of methoxy groups -OCH3 is 1. The molecule has 0 spiro atoms. The predicted octanol–water partition coefficient (Wildman–Crippen LogP) is 2.75. The lowest BCUT2D eigenvalue weighted by molar-refractivity contribution is 0.208. The van der Waals surface area contributed by atoms with Gasteiger partial charge in [-0.2, -0.15) is 4.98 Å². The Morgan fingerprint density at radius 2 is 1.79 bits per heavy atom. The predicted molar refractivity (Wildman–Crippen MR) is 114 cm³/mol. The number of amides is 2. The molecule has 0 saturated carbocycles. The number of hydrogen-bond donors (Lipinski definition) is 1. The maximum Gasteiger partial charge on any atom is 0.321 e. The molecule has 1 N–H and O–H groups in total. The first-order valence-corrected chi connectivity index (χ1v) is 10.2. The van der Waals surface area contributed by atoms with E-state index in [-0.39, 0.29) is 6.03 Å². The number of carbonyl (C=O) groups is 1. The molecule has 0 atom stereocenters. The molecule has 2 aromatic rings. The average molecular weight is 396 g/mol. The average Bonchev–Trinajstić information content (AvgIpc) is 3.30. The van der Waals surface area contributed by atoms with E-state index in [1.807, 2.05) is 42.3 Å². The summed E-state index contributed by atoms with van der Waals surface area (Å²) < 4.78 is 5.22. The zero-order valence-corrected chi connectivity index (χ0v) is 17.1.